The Balaban J connectivity index is 3.16. The van der Waals surface area contributed by atoms with Crippen molar-refractivity contribution in [1.82, 2.24) is 5.32 Å². The molecule has 0 aromatic heterocycles. The normalized spacial score (nSPS) is 14.2. The number of alkyl halides is 3. The molecule has 0 bridgehead atoms. The van der Waals surface area contributed by atoms with Crippen LogP contribution in [-0.2, 0) is 20.8 Å². The number of hydrogen-bond donors (Lipinski definition) is 1. The van der Waals surface area contributed by atoms with Gasteiger partial charge in [-0.05, 0) is 19.2 Å². The summed E-state index contributed by atoms with van der Waals surface area (Å²) in [6.45, 7) is 0.0872. The minimum atomic E-state index is -4.71. The van der Waals surface area contributed by atoms with Crippen molar-refractivity contribution in [2.24, 2.45) is 0 Å². The van der Waals surface area contributed by atoms with Gasteiger partial charge in [-0.25, -0.2) is 8.42 Å². The Bertz CT molecular complexity index is 543. The molecule has 0 spiro atoms. The molecule has 114 valence electrons. The van der Waals surface area contributed by atoms with Crippen LogP contribution in [0.1, 0.15) is 5.56 Å². The van der Waals surface area contributed by atoms with Crippen LogP contribution in [0.5, 0.6) is 0 Å². The van der Waals surface area contributed by atoms with Crippen LogP contribution in [0.15, 0.2) is 29.2 Å². The minimum Gasteiger partial charge on any atom is -0.383 e. The van der Waals surface area contributed by atoms with Gasteiger partial charge in [0.25, 0.3) is 0 Å². The molecule has 0 aliphatic rings. The zero-order chi connectivity index (χ0) is 15.4. The smallest absolute Gasteiger partial charge is 0.383 e. The number of halogens is 3. The average Bonchev–Trinajstić information content (AvgIpc) is 2.37. The maximum atomic E-state index is 12.8. The van der Waals surface area contributed by atoms with Gasteiger partial charge < -0.3 is 10.1 Å². The first-order chi connectivity index (χ1) is 9.22. The predicted octanol–water partition coefficient (Wildman–Crippen LogP) is 1.71. The lowest BCUT2D eigenvalue weighted by atomic mass is 10.2. The highest BCUT2D eigenvalue weighted by Crippen LogP contribution is 2.34. The molecule has 0 fully saturated rings. The maximum Gasteiger partial charge on any atom is 0.417 e. The molecule has 1 rings (SSSR count). The topological polar surface area (TPSA) is 55.4 Å². The Morgan fingerprint density at radius 2 is 1.90 bits per heavy atom. The predicted molar refractivity (Wildman–Crippen MR) is 68.2 cm³/mol. The summed E-state index contributed by atoms with van der Waals surface area (Å²) >= 11 is 0. The van der Waals surface area contributed by atoms with Gasteiger partial charge in [-0.3, -0.25) is 0 Å². The number of methoxy groups -OCH3 is 1. The Hall–Kier alpha value is -1.12. The lowest BCUT2D eigenvalue weighted by Gasteiger charge is -2.17. The van der Waals surface area contributed by atoms with Gasteiger partial charge in [-0.15, -0.1) is 0 Å². The van der Waals surface area contributed by atoms with E-state index in [4.69, 9.17) is 4.74 Å². The molecule has 0 radical (unpaired) electrons. The van der Waals surface area contributed by atoms with Gasteiger partial charge in [0.1, 0.15) is 0 Å². The third-order valence-electron chi connectivity index (χ3n) is 2.72. The third kappa shape index (κ3) is 4.19. The molecule has 1 aromatic carbocycles. The molecule has 0 saturated heterocycles. The highest BCUT2D eigenvalue weighted by Gasteiger charge is 2.37. The van der Waals surface area contributed by atoms with Crippen molar-refractivity contribution < 1.29 is 26.3 Å². The largest absolute Gasteiger partial charge is 0.417 e. The Morgan fingerprint density at radius 3 is 2.40 bits per heavy atom. The Labute approximate surface area is 115 Å². The van der Waals surface area contributed by atoms with E-state index in [0.29, 0.717) is 0 Å². The van der Waals surface area contributed by atoms with Crippen molar-refractivity contribution in [3.8, 4) is 0 Å². The quantitative estimate of drug-likeness (QED) is 0.869. The molecule has 4 nitrogen and oxygen atoms in total. The lowest BCUT2D eigenvalue weighted by molar-refractivity contribution is -0.139. The summed E-state index contributed by atoms with van der Waals surface area (Å²) in [4.78, 5) is -0.705. The van der Waals surface area contributed by atoms with Crippen LogP contribution in [0.3, 0.4) is 0 Å². The van der Waals surface area contributed by atoms with E-state index in [1.807, 2.05) is 0 Å². The van der Waals surface area contributed by atoms with Crippen molar-refractivity contribution in [2.75, 3.05) is 26.5 Å². The Kier molecular flexibility index (Phi) is 5.55. The molecule has 0 aliphatic carbocycles. The van der Waals surface area contributed by atoms with Crippen molar-refractivity contribution in [3.05, 3.63) is 29.8 Å². The monoisotopic (exact) mass is 311 g/mol. The standard InChI is InChI=1S/C12H16F3NO3S/c1-16-9(7-19-2)8-20(17,18)11-6-4-3-5-10(11)12(13,14)15/h3-6,9,16H,7-8H2,1-2H3. The molecule has 1 atom stereocenters. The number of ether oxygens (including phenoxy) is 1. The number of nitrogens with one attached hydrogen (secondary N) is 1. The summed E-state index contributed by atoms with van der Waals surface area (Å²) < 4.78 is 67.6. The number of hydrogen-bond acceptors (Lipinski definition) is 4. The minimum absolute atomic E-state index is 0.0872. The van der Waals surface area contributed by atoms with E-state index < -0.39 is 38.3 Å². The van der Waals surface area contributed by atoms with Gasteiger partial charge in [0.2, 0.25) is 0 Å². The summed E-state index contributed by atoms with van der Waals surface area (Å²) in [7, 11) is -1.16. The fourth-order valence-corrected chi connectivity index (χ4v) is 3.52. The van der Waals surface area contributed by atoms with Crippen molar-refractivity contribution >= 4 is 9.84 Å². The van der Waals surface area contributed by atoms with E-state index in [-0.39, 0.29) is 6.61 Å². The number of benzene rings is 1. The molecule has 1 unspecified atom stereocenters. The molecule has 20 heavy (non-hydrogen) atoms. The van der Waals surface area contributed by atoms with Gasteiger partial charge in [0.15, 0.2) is 9.84 Å². The van der Waals surface area contributed by atoms with E-state index in [1.54, 1.807) is 0 Å². The Morgan fingerprint density at radius 1 is 1.30 bits per heavy atom. The van der Waals surface area contributed by atoms with E-state index in [0.717, 1.165) is 18.2 Å². The van der Waals surface area contributed by atoms with Gasteiger partial charge in [-0.2, -0.15) is 13.2 Å². The van der Waals surface area contributed by atoms with E-state index in [2.05, 4.69) is 5.32 Å². The molecular formula is C12H16F3NO3S. The number of rotatable bonds is 6. The maximum absolute atomic E-state index is 12.8. The number of sulfone groups is 1. The summed E-state index contributed by atoms with van der Waals surface area (Å²) in [6.07, 6.45) is -4.71. The molecule has 0 aliphatic heterocycles. The molecular weight excluding hydrogens is 295 g/mol. The summed E-state index contributed by atoms with van der Waals surface area (Å²) in [5, 5.41) is 2.70. The first-order valence-corrected chi connectivity index (χ1v) is 7.42. The lowest BCUT2D eigenvalue weighted by Crippen LogP contribution is -2.37. The summed E-state index contributed by atoms with van der Waals surface area (Å²) in [6, 6.07) is 3.58. The first kappa shape index (κ1) is 16.9. The highest BCUT2D eigenvalue weighted by molar-refractivity contribution is 7.91. The third-order valence-corrected chi connectivity index (χ3v) is 4.59. The average molecular weight is 311 g/mol. The first-order valence-electron chi connectivity index (χ1n) is 5.77. The molecule has 0 amide bonds. The molecule has 1 aromatic rings. The highest BCUT2D eigenvalue weighted by atomic mass is 32.2. The van der Waals surface area contributed by atoms with E-state index >= 15 is 0 Å². The van der Waals surface area contributed by atoms with Crippen LogP contribution < -0.4 is 5.32 Å². The van der Waals surface area contributed by atoms with E-state index in [1.165, 1.54) is 20.2 Å². The second-order valence-corrected chi connectivity index (χ2v) is 6.22. The van der Waals surface area contributed by atoms with Gasteiger partial charge in [0.05, 0.1) is 22.8 Å². The SMILES string of the molecule is CNC(COC)CS(=O)(=O)c1ccccc1C(F)(F)F. The van der Waals surface area contributed by atoms with Crippen LogP contribution >= 0.6 is 0 Å². The van der Waals surface area contributed by atoms with Crippen LogP contribution in [0.25, 0.3) is 0 Å². The van der Waals surface area contributed by atoms with Crippen LogP contribution in [0.4, 0.5) is 13.2 Å². The fourth-order valence-electron chi connectivity index (χ4n) is 1.74. The van der Waals surface area contributed by atoms with Gasteiger partial charge >= 0.3 is 6.18 Å². The van der Waals surface area contributed by atoms with Crippen LogP contribution in [0.2, 0.25) is 0 Å². The summed E-state index contributed by atoms with van der Waals surface area (Å²) in [5.41, 5.74) is -1.15. The zero-order valence-corrected chi connectivity index (χ0v) is 11.9. The fraction of sp³-hybridized carbons (Fsp3) is 0.500. The van der Waals surface area contributed by atoms with Crippen molar-refractivity contribution in [1.29, 1.82) is 0 Å². The van der Waals surface area contributed by atoms with Crippen LogP contribution in [-0.4, -0.2) is 41.0 Å². The van der Waals surface area contributed by atoms with Crippen LogP contribution in [0, 0.1) is 0 Å². The van der Waals surface area contributed by atoms with Crippen molar-refractivity contribution in [3.63, 3.8) is 0 Å². The van der Waals surface area contributed by atoms with Crippen molar-refractivity contribution in [2.45, 2.75) is 17.1 Å². The molecule has 0 heterocycles. The zero-order valence-electron chi connectivity index (χ0n) is 11.1. The van der Waals surface area contributed by atoms with E-state index in [9.17, 15) is 21.6 Å². The molecule has 8 heteroatoms. The van der Waals surface area contributed by atoms with Gasteiger partial charge in [0, 0.05) is 13.2 Å². The molecule has 1 N–H and O–H groups in total. The second kappa shape index (κ2) is 6.55. The second-order valence-electron chi connectivity index (χ2n) is 4.22. The summed E-state index contributed by atoms with van der Waals surface area (Å²) in [5.74, 6) is -0.468. The number of likely N-dealkylation sites (N-methyl/N-ethyl adjacent to an activating group) is 1. The molecule has 0 saturated carbocycles. The van der Waals surface area contributed by atoms with Gasteiger partial charge in [-0.1, -0.05) is 12.1 Å².